The molecule has 0 fully saturated rings. The minimum Gasteiger partial charge on any atom is -0.456 e. The fraction of sp³-hybridized carbons (Fsp3) is 0.200. The van der Waals surface area contributed by atoms with E-state index in [4.69, 9.17) is 4.74 Å². The minimum absolute atomic E-state index is 0.509. The molecule has 0 heterocycles. The van der Waals surface area contributed by atoms with Crippen LogP contribution >= 0.6 is 31.9 Å². The number of halogens is 2. The summed E-state index contributed by atoms with van der Waals surface area (Å²) in [7, 11) is 0. The summed E-state index contributed by atoms with van der Waals surface area (Å²) in [6.45, 7) is 1.94. The standard InChI is InChI=1S/C15H14Br2O2/c1-2-13(18)11-5-3-4-6-14(11)19-15-8-7-10(16)9-12(15)17/h3-9,13,18H,2H2,1H3. The summed E-state index contributed by atoms with van der Waals surface area (Å²) >= 11 is 6.87. The van der Waals surface area contributed by atoms with Crippen LogP contribution in [0, 0.1) is 0 Å². The largest absolute Gasteiger partial charge is 0.456 e. The zero-order chi connectivity index (χ0) is 13.8. The second-order valence-electron chi connectivity index (χ2n) is 4.14. The lowest BCUT2D eigenvalue weighted by molar-refractivity contribution is 0.170. The van der Waals surface area contributed by atoms with E-state index in [-0.39, 0.29) is 0 Å². The Labute approximate surface area is 129 Å². The van der Waals surface area contributed by atoms with Gasteiger partial charge in [0.2, 0.25) is 0 Å². The zero-order valence-corrected chi connectivity index (χ0v) is 13.6. The third-order valence-corrected chi connectivity index (χ3v) is 3.89. The Morgan fingerprint density at radius 3 is 2.53 bits per heavy atom. The van der Waals surface area contributed by atoms with E-state index in [0.717, 1.165) is 20.3 Å². The first-order valence-corrected chi connectivity index (χ1v) is 7.60. The molecule has 2 aromatic rings. The molecular formula is C15H14Br2O2. The van der Waals surface area contributed by atoms with Crippen LogP contribution in [-0.2, 0) is 0 Å². The van der Waals surface area contributed by atoms with Crippen molar-refractivity contribution < 1.29 is 9.84 Å². The van der Waals surface area contributed by atoms with Crippen LogP contribution < -0.4 is 4.74 Å². The van der Waals surface area contributed by atoms with Crippen LogP contribution in [0.5, 0.6) is 11.5 Å². The van der Waals surface area contributed by atoms with Crippen molar-refractivity contribution in [2.24, 2.45) is 0 Å². The molecule has 19 heavy (non-hydrogen) atoms. The maximum Gasteiger partial charge on any atom is 0.141 e. The summed E-state index contributed by atoms with van der Waals surface area (Å²) in [6.07, 6.45) is 0.146. The van der Waals surface area contributed by atoms with Gasteiger partial charge < -0.3 is 9.84 Å². The van der Waals surface area contributed by atoms with Crippen molar-refractivity contribution in [3.05, 3.63) is 57.0 Å². The number of hydrogen-bond acceptors (Lipinski definition) is 2. The summed E-state index contributed by atoms with van der Waals surface area (Å²) in [4.78, 5) is 0. The van der Waals surface area contributed by atoms with Crippen molar-refractivity contribution >= 4 is 31.9 Å². The van der Waals surface area contributed by atoms with Crippen LogP contribution in [0.2, 0.25) is 0 Å². The molecule has 4 heteroatoms. The van der Waals surface area contributed by atoms with Crippen molar-refractivity contribution in [3.8, 4) is 11.5 Å². The van der Waals surface area contributed by atoms with Crippen LogP contribution in [-0.4, -0.2) is 5.11 Å². The van der Waals surface area contributed by atoms with Gasteiger partial charge in [-0.2, -0.15) is 0 Å². The molecule has 1 unspecified atom stereocenters. The van der Waals surface area contributed by atoms with E-state index in [1.807, 2.05) is 49.4 Å². The predicted molar refractivity (Wildman–Crippen MR) is 83.6 cm³/mol. The van der Waals surface area contributed by atoms with E-state index in [2.05, 4.69) is 31.9 Å². The van der Waals surface area contributed by atoms with Crippen molar-refractivity contribution in [2.75, 3.05) is 0 Å². The molecule has 1 atom stereocenters. The highest BCUT2D eigenvalue weighted by molar-refractivity contribution is 9.11. The molecule has 0 spiro atoms. The lowest BCUT2D eigenvalue weighted by Crippen LogP contribution is -1.98. The van der Waals surface area contributed by atoms with Gasteiger partial charge in [0.1, 0.15) is 11.5 Å². The van der Waals surface area contributed by atoms with E-state index >= 15 is 0 Å². The fourth-order valence-electron chi connectivity index (χ4n) is 1.75. The van der Waals surface area contributed by atoms with Crippen molar-refractivity contribution in [2.45, 2.75) is 19.4 Å². The van der Waals surface area contributed by atoms with Crippen molar-refractivity contribution in [1.29, 1.82) is 0 Å². The maximum absolute atomic E-state index is 10.0. The summed E-state index contributed by atoms with van der Waals surface area (Å²) in [6, 6.07) is 13.3. The number of hydrogen-bond donors (Lipinski definition) is 1. The van der Waals surface area contributed by atoms with Gasteiger partial charge >= 0.3 is 0 Å². The lowest BCUT2D eigenvalue weighted by Gasteiger charge is -2.15. The Hall–Kier alpha value is -0.840. The highest BCUT2D eigenvalue weighted by atomic mass is 79.9. The third kappa shape index (κ3) is 3.59. The maximum atomic E-state index is 10.0. The zero-order valence-electron chi connectivity index (χ0n) is 10.4. The molecule has 2 nitrogen and oxygen atoms in total. The van der Waals surface area contributed by atoms with Gasteiger partial charge in [0.25, 0.3) is 0 Å². The Morgan fingerprint density at radius 1 is 1.11 bits per heavy atom. The minimum atomic E-state index is -0.509. The quantitative estimate of drug-likeness (QED) is 0.758. The van der Waals surface area contributed by atoms with Gasteiger partial charge in [-0.25, -0.2) is 0 Å². The second-order valence-corrected chi connectivity index (χ2v) is 5.91. The molecule has 0 aromatic heterocycles. The molecule has 100 valence electrons. The highest BCUT2D eigenvalue weighted by Gasteiger charge is 2.12. The SMILES string of the molecule is CCC(O)c1ccccc1Oc1ccc(Br)cc1Br. The van der Waals surface area contributed by atoms with E-state index in [1.54, 1.807) is 0 Å². The Bertz CT molecular complexity index is 570. The molecule has 1 N–H and O–H groups in total. The number of para-hydroxylation sites is 1. The average molecular weight is 386 g/mol. The summed E-state index contributed by atoms with van der Waals surface area (Å²) in [5, 5.41) is 10.0. The van der Waals surface area contributed by atoms with Crippen molar-refractivity contribution in [3.63, 3.8) is 0 Å². The topological polar surface area (TPSA) is 29.5 Å². The first-order chi connectivity index (χ1) is 9.11. The number of aliphatic hydroxyl groups is 1. The van der Waals surface area contributed by atoms with Gasteiger partial charge in [-0.05, 0) is 46.6 Å². The van der Waals surface area contributed by atoms with Gasteiger partial charge in [0.15, 0.2) is 0 Å². The summed E-state index contributed by atoms with van der Waals surface area (Å²) < 4.78 is 7.73. The molecule has 0 radical (unpaired) electrons. The third-order valence-electron chi connectivity index (χ3n) is 2.78. The first kappa shape index (κ1) is 14.6. The molecule has 2 aromatic carbocycles. The van der Waals surface area contributed by atoms with Crippen LogP contribution in [0.3, 0.4) is 0 Å². The molecular weight excluding hydrogens is 372 g/mol. The first-order valence-electron chi connectivity index (χ1n) is 6.01. The summed E-state index contributed by atoms with van der Waals surface area (Å²) in [5.41, 5.74) is 0.805. The molecule has 0 saturated carbocycles. The van der Waals surface area contributed by atoms with E-state index < -0.39 is 6.10 Å². The van der Waals surface area contributed by atoms with Gasteiger partial charge in [0, 0.05) is 10.0 Å². The molecule has 0 aliphatic carbocycles. The fourth-order valence-corrected chi connectivity index (χ4v) is 2.87. The molecule has 0 saturated heterocycles. The molecule has 0 bridgehead atoms. The van der Waals surface area contributed by atoms with Gasteiger partial charge in [0.05, 0.1) is 10.6 Å². The Morgan fingerprint density at radius 2 is 1.84 bits per heavy atom. The molecule has 2 rings (SSSR count). The number of aliphatic hydroxyl groups excluding tert-OH is 1. The second kappa shape index (κ2) is 6.55. The van der Waals surface area contributed by atoms with E-state index in [0.29, 0.717) is 12.2 Å². The lowest BCUT2D eigenvalue weighted by atomic mass is 10.1. The monoisotopic (exact) mass is 384 g/mol. The normalized spacial score (nSPS) is 12.2. The molecule has 0 aliphatic rings. The average Bonchev–Trinajstić information content (AvgIpc) is 2.41. The molecule has 0 amide bonds. The Kier molecular flexibility index (Phi) is 5.02. The van der Waals surface area contributed by atoms with Gasteiger partial charge in [-0.3, -0.25) is 0 Å². The highest BCUT2D eigenvalue weighted by Crippen LogP contribution is 2.35. The van der Waals surface area contributed by atoms with Crippen LogP contribution in [0.1, 0.15) is 25.0 Å². The molecule has 0 aliphatic heterocycles. The number of rotatable bonds is 4. The Balaban J connectivity index is 2.33. The number of ether oxygens (including phenoxy) is 1. The summed E-state index contributed by atoms with van der Waals surface area (Å²) in [5.74, 6) is 1.40. The van der Waals surface area contributed by atoms with Crippen LogP contribution in [0.15, 0.2) is 51.4 Å². The smallest absolute Gasteiger partial charge is 0.141 e. The van der Waals surface area contributed by atoms with Crippen molar-refractivity contribution in [1.82, 2.24) is 0 Å². The van der Waals surface area contributed by atoms with Crippen LogP contribution in [0.4, 0.5) is 0 Å². The number of benzene rings is 2. The van der Waals surface area contributed by atoms with E-state index in [1.165, 1.54) is 0 Å². The van der Waals surface area contributed by atoms with Gasteiger partial charge in [-0.1, -0.05) is 41.1 Å². The van der Waals surface area contributed by atoms with Crippen LogP contribution in [0.25, 0.3) is 0 Å². The van der Waals surface area contributed by atoms with E-state index in [9.17, 15) is 5.11 Å². The predicted octanol–water partition coefficient (Wildman–Crippen LogP) is 5.45. The van der Waals surface area contributed by atoms with Gasteiger partial charge in [-0.15, -0.1) is 0 Å².